The third-order valence-electron chi connectivity index (χ3n) is 5.25. The summed E-state index contributed by atoms with van der Waals surface area (Å²) < 4.78 is 0. The molecule has 4 rings (SSSR count). The highest BCUT2D eigenvalue weighted by atomic mass is 16.2. The number of piperazine rings is 1. The average Bonchev–Trinajstić information content (AvgIpc) is 3.14. The molecule has 0 spiro atoms. The van der Waals surface area contributed by atoms with Crippen LogP contribution >= 0.6 is 0 Å². The maximum atomic E-state index is 12.6. The number of urea groups is 1. The van der Waals surface area contributed by atoms with Crippen molar-refractivity contribution >= 4 is 29.1 Å². The monoisotopic (exact) mass is 380 g/mol. The maximum absolute atomic E-state index is 12.6. The normalized spacial score (nSPS) is 17.2. The lowest BCUT2D eigenvalue weighted by atomic mass is 10.1. The number of carbonyl (C=O) groups is 2. The molecule has 8 heteroatoms. The fraction of sp³-hybridized carbons (Fsp3) is 0.400. The van der Waals surface area contributed by atoms with Gasteiger partial charge in [-0.15, -0.1) is 0 Å². The van der Waals surface area contributed by atoms with E-state index in [2.05, 4.69) is 20.2 Å². The first-order chi connectivity index (χ1) is 13.6. The number of nitrogens with one attached hydrogen (secondary N) is 1. The molecule has 0 radical (unpaired) electrons. The molecule has 2 aliphatic rings. The first kappa shape index (κ1) is 18.2. The number of carbonyl (C=O) groups excluding carboxylic acids is 2. The molecule has 2 aliphatic heterocycles. The largest absolute Gasteiger partial charge is 0.352 e. The summed E-state index contributed by atoms with van der Waals surface area (Å²) in [5, 5.41) is 2.97. The Morgan fingerprint density at radius 2 is 1.93 bits per heavy atom. The van der Waals surface area contributed by atoms with Crippen LogP contribution in [0.3, 0.4) is 0 Å². The van der Waals surface area contributed by atoms with Crippen LogP contribution in [-0.2, 0) is 4.79 Å². The zero-order valence-corrected chi connectivity index (χ0v) is 16.0. The van der Waals surface area contributed by atoms with Crippen molar-refractivity contribution < 1.29 is 9.59 Å². The van der Waals surface area contributed by atoms with Gasteiger partial charge < -0.3 is 20.0 Å². The van der Waals surface area contributed by atoms with Gasteiger partial charge in [-0.05, 0) is 37.1 Å². The van der Waals surface area contributed by atoms with Gasteiger partial charge in [-0.1, -0.05) is 0 Å². The second kappa shape index (κ2) is 7.84. The van der Waals surface area contributed by atoms with E-state index in [4.69, 9.17) is 0 Å². The summed E-state index contributed by atoms with van der Waals surface area (Å²) >= 11 is 0. The Labute approximate surface area is 164 Å². The predicted molar refractivity (Wildman–Crippen MR) is 108 cm³/mol. The van der Waals surface area contributed by atoms with Crippen LogP contribution in [0.1, 0.15) is 18.4 Å². The first-order valence-electron chi connectivity index (χ1n) is 9.60. The molecule has 2 saturated heterocycles. The maximum Gasteiger partial charge on any atom is 0.321 e. The van der Waals surface area contributed by atoms with E-state index in [1.54, 1.807) is 23.5 Å². The van der Waals surface area contributed by atoms with Crippen molar-refractivity contribution in [3.8, 4) is 0 Å². The summed E-state index contributed by atoms with van der Waals surface area (Å²) in [6.45, 7) is 5.43. The van der Waals surface area contributed by atoms with E-state index in [1.807, 2.05) is 30.0 Å². The standard InChI is InChI=1S/C20H24N6O2/c1-15-13-16(4-5-17(15)26-8-2-3-19(26)27)23-20(28)25-11-9-24(10-12-25)18-14-21-6-7-22-18/h4-7,13-14H,2-3,8-12H2,1H3,(H,23,28). The van der Waals surface area contributed by atoms with Crippen LogP contribution in [0.2, 0.25) is 0 Å². The molecule has 2 fully saturated rings. The third-order valence-corrected chi connectivity index (χ3v) is 5.25. The minimum absolute atomic E-state index is 0.108. The van der Waals surface area contributed by atoms with Crippen LogP contribution in [0.15, 0.2) is 36.8 Å². The molecule has 0 saturated carbocycles. The first-order valence-corrected chi connectivity index (χ1v) is 9.60. The topological polar surface area (TPSA) is 81.7 Å². The molecule has 8 nitrogen and oxygen atoms in total. The zero-order valence-electron chi connectivity index (χ0n) is 16.0. The fourth-order valence-electron chi connectivity index (χ4n) is 3.73. The van der Waals surface area contributed by atoms with Gasteiger partial charge in [-0.3, -0.25) is 9.78 Å². The SMILES string of the molecule is Cc1cc(NC(=O)N2CCN(c3cnccn3)CC2)ccc1N1CCCC1=O. The second-order valence-electron chi connectivity index (χ2n) is 7.12. The minimum Gasteiger partial charge on any atom is -0.352 e. The lowest BCUT2D eigenvalue weighted by molar-refractivity contribution is -0.117. The number of rotatable bonds is 3. The summed E-state index contributed by atoms with van der Waals surface area (Å²) in [6, 6.07) is 5.60. The molecule has 146 valence electrons. The van der Waals surface area contributed by atoms with Gasteiger partial charge in [0.2, 0.25) is 5.91 Å². The molecule has 1 aromatic carbocycles. The number of anilines is 3. The van der Waals surface area contributed by atoms with Crippen LogP contribution < -0.4 is 15.1 Å². The summed E-state index contributed by atoms with van der Waals surface area (Å²) in [4.78, 5) is 38.7. The van der Waals surface area contributed by atoms with E-state index in [9.17, 15) is 9.59 Å². The van der Waals surface area contributed by atoms with Crippen molar-refractivity contribution in [1.82, 2.24) is 14.9 Å². The van der Waals surface area contributed by atoms with Crippen LogP contribution in [0, 0.1) is 6.92 Å². The molecule has 0 unspecified atom stereocenters. The molecule has 3 amide bonds. The Kier molecular flexibility index (Phi) is 5.10. The van der Waals surface area contributed by atoms with Crippen LogP contribution in [0.25, 0.3) is 0 Å². The van der Waals surface area contributed by atoms with Crippen molar-refractivity contribution in [1.29, 1.82) is 0 Å². The molecule has 3 heterocycles. The average molecular weight is 380 g/mol. The Balaban J connectivity index is 1.35. The second-order valence-corrected chi connectivity index (χ2v) is 7.12. The zero-order chi connectivity index (χ0) is 19.5. The molecule has 2 aromatic rings. The molecular weight excluding hydrogens is 356 g/mol. The summed E-state index contributed by atoms with van der Waals surface area (Å²) in [6.07, 6.45) is 6.58. The quantitative estimate of drug-likeness (QED) is 0.883. The van der Waals surface area contributed by atoms with Crippen LogP contribution in [-0.4, -0.2) is 59.5 Å². The molecule has 0 aliphatic carbocycles. The molecular formula is C20H24N6O2. The van der Waals surface area contributed by atoms with Crippen molar-refractivity contribution in [3.05, 3.63) is 42.4 Å². The highest BCUT2D eigenvalue weighted by Crippen LogP contribution is 2.27. The number of nitrogens with zero attached hydrogens (tertiary/aromatic N) is 5. The van der Waals surface area contributed by atoms with Crippen molar-refractivity contribution in [2.24, 2.45) is 0 Å². The van der Waals surface area contributed by atoms with Gasteiger partial charge in [0.1, 0.15) is 5.82 Å². The van der Waals surface area contributed by atoms with E-state index in [0.717, 1.165) is 48.8 Å². The van der Waals surface area contributed by atoms with Crippen LogP contribution in [0.4, 0.5) is 22.0 Å². The van der Waals surface area contributed by atoms with E-state index in [-0.39, 0.29) is 11.9 Å². The van der Waals surface area contributed by atoms with Gasteiger partial charge in [0.15, 0.2) is 0 Å². The van der Waals surface area contributed by atoms with E-state index >= 15 is 0 Å². The Hall–Kier alpha value is -3.16. The summed E-state index contributed by atoms with van der Waals surface area (Å²) in [5.41, 5.74) is 2.66. The smallest absolute Gasteiger partial charge is 0.321 e. The molecule has 0 bridgehead atoms. The molecule has 28 heavy (non-hydrogen) atoms. The van der Waals surface area contributed by atoms with Gasteiger partial charge in [0, 0.05) is 62.9 Å². The van der Waals surface area contributed by atoms with E-state index in [0.29, 0.717) is 19.5 Å². The Bertz CT molecular complexity index is 864. The lowest BCUT2D eigenvalue weighted by Gasteiger charge is -2.35. The van der Waals surface area contributed by atoms with Crippen molar-refractivity contribution in [3.63, 3.8) is 0 Å². The highest BCUT2D eigenvalue weighted by Gasteiger charge is 2.24. The molecule has 1 aromatic heterocycles. The summed E-state index contributed by atoms with van der Waals surface area (Å²) in [5.74, 6) is 1.01. The number of amides is 3. The van der Waals surface area contributed by atoms with Gasteiger partial charge in [-0.2, -0.15) is 0 Å². The van der Waals surface area contributed by atoms with Gasteiger partial charge in [0.05, 0.1) is 6.20 Å². The highest BCUT2D eigenvalue weighted by molar-refractivity contribution is 5.97. The Morgan fingerprint density at radius 3 is 2.57 bits per heavy atom. The Morgan fingerprint density at radius 1 is 1.11 bits per heavy atom. The third kappa shape index (κ3) is 3.76. The summed E-state index contributed by atoms with van der Waals surface area (Å²) in [7, 11) is 0. The number of benzene rings is 1. The molecule has 1 N–H and O–H groups in total. The number of aromatic nitrogens is 2. The number of hydrogen-bond acceptors (Lipinski definition) is 5. The molecule has 0 atom stereocenters. The fourth-order valence-corrected chi connectivity index (χ4v) is 3.73. The van der Waals surface area contributed by atoms with Gasteiger partial charge in [0.25, 0.3) is 0 Å². The number of aryl methyl sites for hydroxylation is 1. The van der Waals surface area contributed by atoms with Crippen LogP contribution in [0.5, 0.6) is 0 Å². The van der Waals surface area contributed by atoms with Gasteiger partial charge >= 0.3 is 6.03 Å². The predicted octanol–water partition coefficient (Wildman–Crippen LogP) is 2.27. The van der Waals surface area contributed by atoms with E-state index in [1.165, 1.54) is 0 Å². The minimum atomic E-state index is -0.108. The van der Waals surface area contributed by atoms with E-state index < -0.39 is 0 Å². The number of hydrogen-bond donors (Lipinski definition) is 1. The lowest BCUT2D eigenvalue weighted by Crippen LogP contribution is -2.50. The van der Waals surface area contributed by atoms with Gasteiger partial charge in [-0.25, -0.2) is 9.78 Å². The van der Waals surface area contributed by atoms with Crippen molar-refractivity contribution in [2.45, 2.75) is 19.8 Å². The van der Waals surface area contributed by atoms with Crippen molar-refractivity contribution in [2.75, 3.05) is 47.8 Å².